The summed E-state index contributed by atoms with van der Waals surface area (Å²) in [4.78, 5) is 11.7. The van der Waals surface area contributed by atoms with E-state index < -0.39 is 6.17 Å². The van der Waals surface area contributed by atoms with Crippen LogP contribution in [0.3, 0.4) is 0 Å². The fourth-order valence-corrected chi connectivity index (χ4v) is 7.86. The highest BCUT2D eigenvalue weighted by Crippen LogP contribution is 2.51. The summed E-state index contributed by atoms with van der Waals surface area (Å²) in [7, 11) is 0. The molecule has 43 heavy (non-hydrogen) atoms. The minimum Gasteiger partial charge on any atom is -0.294 e. The fourth-order valence-electron chi connectivity index (χ4n) is 6.44. The third kappa shape index (κ3) is 4.18. The molecule has 5 heteroatoms. The number of benzene rings is 4. The standard InChI is InChI=1S/C38H28FN3S/c1-38(2)29-12-3-4-14-34(29)43-35-22-28-27-17-16-26(37(39)25-11-9-10-24(20-25)31-13-5-7-18-40-31)21-32(27)42(33(28)23-30(35)38)36-15-6-8-19-41-36/h3-23,37H,1-2H3. The van der Waals surface area contributed by atoms with Crippen LogP contribution in [0.5, 0.6) is 0 Å². The number of rotatable bonds is 4. The molecule has 0 saturated carbocycles. The van der Waals surface area contributed by atoms with Gasteiger partial charge in [-0.3, -0.25) is 9.55 Å². The number of alkyl halides is 1. The maximum Gasteiger partial charge on any atom is 0.150 e. The molecule has 1 atom stereocenters. The Morgan fingerprint density at radius 3 is 2.23 bits per heavy atom. The van der Waals surface area contributed by atoms with E-state index in [2.05, 4.69) is 65.9 Å². The molecule has 0 spiro atoms. The van der Waals surface area contributed by atoms with Crippen LogP contribution in [-0.4, -0.2) is 14.5 Å². The Labute approximate surface area is 254 Å². The average Bonchev–Trinajstić information content (AvgIpc) is 3.37. The van der Waals surface area contributed by atoms with Gasteiger partial charge in [0.05, 0.1) is 16.7 Å². The van der Waals surface area contributed by atoms with E-state index >= 15 is 4.39 Å². The van der Waals surface area contributed by atoms with Gasteiger partial charge in [0.2, 0.25) is 0 Å². The number of hydrogen-bond acceptors (Lipinski definition) is 3. The molecular formula is C38H28FN3S. The maximum absolute atomic E-state index is 16.3. The lowest BCUT2D eigenvalue weighted by molar-refractivity contribution is 0.402. The molecule has 1 aliphatic rings. The first-order valence-corrected chi connectivity index (χ1v) is 15.3. The molecule has 0 radical (unpaired) electrons. The topological polar surface area (TPSA) is 30.7 Å². The Hall–Kier alpha value is -4.74. The quantitative estimate of drug-likeness (QED) is 0.209. The van der Waals surface area contributed by atoms with Gasteiger partial charge in [0, 0.05) is 43.9 Å². The van der Waals surface area contributed by atoms with E-state index in [4.69, 9.17) is 4.98 Å². The Morgan fingerprint density at radius 2 is 1.42 bits per heavy atom. The van der Waals surface area contributed by atoms with Crippen molar-refractivity contribution in [3.8, 4) is 17.1 Å². The predicted octanol–water partition coefficient (Wildman–Crippen LogP) is 10.1. The van der Waals surface area contributed by atoms with Crippen LogP contribution in [0.25, 0.3) is 38.9 Å². The van der Waals surface area contributed by atoms with Gasteiger partial charge in [-0.25, -0.2) is 9.37 Å². The first-order valence-electron chi connectivity index (χ1n) is 14.5. The SMILES string of the molecule is CC1(C)c2ccccc2Sc2cc3c4ccc(C(F)c5cccc(-c6ccccn6)c5)cc4n(-c4ccccn4)c3cc21. The van der Waals surface area contributed by atoms with E-state index in [-0.39, 0.29) is 5.41 Å². The van der Waals surface area contributed by atoms with Crippen molar-refractivity contribution in [2.75, 3.05) is 0 Å². The van der Waals surface area contributed by atoms with E-state index in [1.54, 1.807) is 6.20 Å². The Morgan fingerprint density at radius 1 is 0.651 bits per heavy atom. The highest BCUT2D eigenvalue weighted by atomic mass is 32.2. The van der Waals surface area contributed by atoms with E-state index in [1.807, 2.05) is 90.8 Å². The maximum atomic E-state index is 16.3. The van der Waals surface area contributed by atoms with Gasteiger partial charge >= 0.3 is 0 Å². The van der Waals surface area contributed by atoms with Crippen LogP contribution < -0.4 is 0 Å². The van der Waals surface area contributed by atoms with Gasteiger partial charge in [0.15, 0.2) is 6.17 Å². The molecule has 3 nitrogen and oxygen atoms in total. The van der Waals surface area contributed by atoms with Gasteiger partial charge in [-0.1, -0.05) is 86.3 Å². The molecule has 0 fully saturated rings. The molecule has 0 bridgehead atoms. The Kier molecular flexibility index (Phi) is 5.98. The lowest BCUT2D eigenvalue weighted by Gasteiger charge is -2.34. The molecule has 3 aromatic heterocycles. The van der Waals surface area contributed by atoms with Crippen LogP contribution in [0, 0.1) is 0 Å². The summed E-state index contributed by atoms with van der Waals surface area (Å²) in [6.45, 7) is 4.60. The van der Waals surface area contributed by atoms with E-state index in [9.17, 15) is 0 Å². The van der Waals surface area contributed by atoms with Gasteiger partial charge in [0.25, 0.3) is 0 Å². The second kappa shape index (κ2) is 9.92. The van der Waals surface area contributed by atoms with Gasteiger partial charge in [-0.15, -0.1) is 0 Å². The molecule has 0 aliphatic carbocycles. The van der Waals surface area contributed by atoms with E-state index in [0.29, 0.717) is 11.1 Å². The van der Waals surface area contributed by atoms with Crippen LogP contribution >= 0.6 is 11.8 Å². The Bertz CT molecular complexity index is 2150. The first kappa shape index (κ1) is 25.9. The van der Waals surface area contributed by atoms with Crippen molar-refractivity contribution in [2.24, 2.45) is 0 Å². The number of halogens is 1. The van der Waals surface area contributed by atoms with Crippen LogP contribution in [0.15, 0.2) is 137 Å². The predicted molar refractivity (Wildman–Crippen MR) is 174 cm³/mol. The highest BCUT2D eigenvalue weighted by molar-refractivity contribution is 7.99. The van der Waals surface area contributed by atoms with Crippen LogP contribution in [0.1, 0.15) is 42.3 Å². The number of pyridine rings is 2. The zero-order valence-corrected chi connectivity index (χ0v) is 24.6. The molecule has 1 unspecified atom stereocenters. The van der Waals surface area contributed by atoms with E-state index in [1.165, 1.54) is 20.9 Å². The second-order valence-corrected chi connectivity index (χ2v) is 12.7. The fraction of sp³-hybridized carbons (Fsp3) is 0.105. The zero-order chi connectivity index (χ0) is 29.1. The lowest BCUT2D eigenvalue weighted by atomic mass is 9.77. The minimum atomic E-state index is -1.29. The van der Waals surface area contributed by atoms with Crippen molar-refractivity contribution >= 4 is 33.6 Å². The molecule has 7 aromatic rings. The molecule has 8 rings (SSSR count). The summed E-state index contributed by atoms with van der Waals surface area (Å²) in [6, 6.07) is 38.6. The first-order chi connectivity index (χ1) is 21.0. The van der Waals surface area contributed by atoms with Crippen LogP contribution in [-0.2, 0) is 5.41 Å². The lowest BCUT2D eigenvalue weighted by Crippen LogP contribution is -2.23. The van der Waals surface area contributed by atoms with E-state index in [0.717, 1.165) is 38.9 Å². The summed E-state index contributed by atoms with van der Waals surface area (Å²) >= 11 is 1.83. The monoisotopic (exact) mass is 577 g/mol. The van der Waals surface area contributed by atoms with Gasteiger partial charge in [0.1, 0.15) is 5.82 Å². The van der Waals surface area contributed by atoms with Crippen molar-refractivity contribution in [3.05, 3.63) is 150 Å². The summed E-state index contributed by atoms with van der Waals surface area (Å²) in [6.07, 6.45) is 2.28. The van der Waals surface area contributed by atoms with Gasteiger partial charge in [-0.2, -0.15) is 0 Å². The molecule has 0 amide bonds. The largest absolute Gasteiger partial charge is 0.294 e. The number of aromatic nitrogens is 3. The van der Waals surface area contributed by atoms with Crippen LogP contribution in [0.4, 0.5) is 4.39 Å². The third-order valence-corrected chi connectivity index (χ3v) is 9.79. The van der Waals surface area contributed by atoms with Gasteiger partial charge < -0.3 is 0 Å². The van der Waals surface area contributed by atoms with Gasteiger partial charge in [-0.05, 0) is 76.9 Å². The third-order valence-electron chi connectivity index (χ3n) is 8.66. The normalized spacial score (nSPS) is 14.4. The average molecular weight is 578 g/mol. The van der Waals surface area contributed by atoms with Crippen molar-refractivity contribution in [3.63, 3.8) is 0 Å². The van der Waals surface area contributed by atoms with Crippen LogP contribution in [0.2, 0.25) is 0 Å². The molecule has 0 saturated heterocycles. The summed E-state index contributed by atoms with van der Waals surface area (Å²) < 4.78 is 18.5. The van der Waals surface area contributed by atoms with Crippen molar-refractivity contribution in [1.82, 2.24) is 14.5 Å². The number of nitrogens with zero attached hydrogens (tertiary/aromatic N) is 3. The summed E-state index contributed by atoms with van der Waals surface area (Å²) in [5.41, 5.74) is 7.42. The highest BCUT2D eigenvalue weighted by Gasteiger charge is 2.34. The molecule has 1 aliphatic heterocycles. The van der Waals surface area contributed by atoms with Crippen molar-refractivity contribution in [2.45, 2.75) is 35.2 Å². The van der Waals surface area contributed by atoms with Crippen molar-refractivity contribution < 1.29 is 4.39 Å². The summed E-state index contributed by atoms with van der Waals surface area (Å²) in [5, 5.41) is 2.22. The molecule has 4 aromatic carbocycles. The smallest absolute Gasteiger partial charge is 0.150 e. The zero-order valence-electron chi connectivity index (χ0n) is 23.8. The summed E-state index contributed by atoms with van der Waals surface area (Å²) in [5.74, 6) is 0.814. The minimum absolute atomic E-state index is 0.162. The molecular weight excluding hydrogens is 550 g/mol. The number of hydrogen-bond donors (Lipinski definition) is 0. The number of fused-ring (bicyclic) bond motifs is 5. The molecule has 0 N–H and O–H groups in total. The second-order valence-electron chi connectivity index (χ2n) is 11.6. The Balaban J connectivity index is 1.32. The molecule has 208 valence electrons. The van der Waals surface area contributed by atoms with Crippen molar-refractivity contribution in [1.29, 1.82) is 0 Å². The molecule has 4 heterocycles.